The minimum atomic E-state index is -0.149. The number of nitrogens with one attached hydrogen (secondary N) is 1. The summed E-state index contributed by atoms with van der Waals surface area (Å²) in [6.45, 7) is 0.807. The van der Waals surface area contributed by atoms with Gasteiger partial charge in [0, 0.05) is 38.4 Å². The van der Waals surface area contributed by atoms with Gasteiger partial charge in [-0.25, -0.2) is 0 Å². The molecule has 1 aliphatic rings. The second kappa shape index (κ2) is 6.91. The van der Waals surface area contributed by atoms with Crippen molar-refractivity contribution in [3.05, 3.63) is 29.8 Å². The maximum absolute atomic E-state index is 12.1. The fourth-order valence-electron chi connectivity index (χ4n) is 1.91. The van der Waals surface area contributed by atoms with E-state index in [2.05, 4.69) is 5.32 Å². The molecule has 0 unspecified atom stereocenters. The maximum atomic E-state index is 12.1. The Morgan fingerprint density at radius 3 is 2.86 bits per heavy atom. The van der Waals surface area contributed by atoms with Gasteiger partial charge in [0.1, 0.15) is 4.32 Å². The lowest BCUT2D eigenvalue weighted by atomic mass is 10.2. The van der Waals surface area contributed by atoms with Gasteiger partial charge in [0.2, 0.25) is 5.91 Å². The molecular formula is C14H17N3O2S2. The summed E-state index contributed by atoms with van der Waals surface area (Å²) in [4.78, 5) is 27.1. The number of hydrogen-bond donors (Lipinski definition) is 1. The Kier molecular flexibility index (Phi) is 5.19. The van der Waals surface area contributed by atoms with Crippen molar-refractivity contribution in [2.24, 2.45) is 0 Å². The highest BCUT2D eigenvalue weighted by atomic mass is 32.2. The van der Waals surface area contributed by atoms with Gasteiger partial charge in [0.15, 0.2) is 0 Å². The minimum absolute atomic E-state index is 0.00820. The van der Waals surface area contributed by atoms with Gasteiger partial charge in [-0.2, -0.15) is 0 Å². The Hall–Kier alpha value is -1.60. The highest BCUT2D eigenvalue weighted by Gasteiger charge is 2.25. The molecule has 1 N–H and O–H groups in total. The highest BCUT2D eigenvalue weighted by Crippen LogP contribution is 2.18. The first-order valence-electron chi connectivity index (χ1n) is 6.52. The van der Waals surface area contributed by atoms with Crippen molar-refractivity contribution in [1.82, 2.24) is 10.2 Å². The van der Waals surface area contributed by atoms with Gasteiger partial charge in [0.25, 0.3) is 5.91 Å². The lowest BCUT2D eigenvalue weighted by Gasteiger charge is -2.16. The van der Waals surface area contributed by atoms with E-state index in [1.165, 1.54) is 16.7 Å². The molecule has 0 aliphatic carbocycles. The summed E-state index contributed by atoms with van der Waals surface area (Å²) < 4.78 is 0.587. The van der Waals surface area contributed by atoms with Crippen LogP contribution in [-0.4, -0.2) is 54.0 Å². The topological polar surface area (TPSA) is 52.7 Å². The van der Waals surface area contributed by atoms with E-state index >= 15 is 0 Å². The molecule has 0 aromatic heterocycles. The molecule has 0 spiro atoms. The van der Waals surface area contributed by atoms with E-state index in [0.29, 0.717) is 28.7 Å². The monoisotopic (exact) mass is 323 g/mol. The molecule has 0 atom stereocenters. The molecule has 1 heterocycles. The lowest BCUT2D eigenvalue weighted by Crippen LogP contribution is -2.37. The van der Waals surface area contributed by atoms with Crippen LogP contribution in [0, 0.1) is 0 Å². The van der Waals surface area contributed by atoms with Gasteiger partial charge in [-0.3, -0.25) is 14.5 Å². The number of thioether (sulfide) groups is 1. The summed E-state index contributed by atoms with van der Waals surface area (Å²) in [6, 6.07) is 7.38. The first-order valence-corrected chi connectivity index (χ1v) is 7.91. The zero-order valence-corrected chi connectivity index (χ0v) is 13.6. The van der Waals surface area contributed by atoms with E-state index in [4.69, 9.17) is 12.2 Å². The Labute approximate surface area is 133 Å². The first-order chi connectivity index (χ1) is 9.99. The number of benzene rings is 1. The van der Waals surface area contributed by atoms with Crippen LogP contribution >= 0.6 is 24.0 Å². The number of carbonyl (C=O) groups is 2. The van der Waals surface area contributed by atoms with E-state index in [9.17, 15) is 9.59 Å². The summed E-state index contributed by atoms with van der Waals surface area (Å²) >= 11 is 6.45. The van der Waals surface area contributed by atoms with Crippen LogP contribution in [0.25, 0.3) is 0 Å². The van der Waals surface area contributed by atoms with Crippen LogP contribution in [0.2, 0.25) is 0 Å². The van der Waals surface area contributed by atoms with E-state index in [1.807, 2.05) is 37.2 Å². The lowest BCUT2D eigenvalue weighted by molar-refractivity contribution is -0.123. The largest absolute Gasteiger partial charge is 0.378 e. The number of anilines is 1. The zero-order valence-electron chi connectivity index (χ0n) is 12.0. The first kappa shape index (κ1) is 15.8. The van der Waals surface area contributed by atoms with Crippen molar-refractivity contribution in [1.29, 1.82) is 0 Å². The summed E-state index contributed by atoms with van der Waals surface area (Å²) in [5, 5.41) is 2.81. The minimum Gasteiger partial charge on any atom is -0.378 e. The number of nitrogens with zero attached hydrogens (tertiary/aromatic N) is 2. The molecule has 5 nitrogen and oxygen atoms in total. The molecular weight excluding hydrogens is 306 g/mol. The molecule has 1 aromatic carbocycles. The quantitative estimate of drug-likeness (QED) is 0.829. The van der Waals surface area contributed by atoms with Crippen molar-refractivity contribution in [2.45, 2.75) is 0 Å². The Bertz CT molecular complexity index is 559. The van der Waals surface area contributed by atoms with Crippen molar-refractivity contribution in [3.8, 4) is 0 Å². The molecule has 2 amide bonds. The highest BCUT2D eigenvalue weighted by molar-refractivity contribution is 8.23. The van der Waals surface area contributed by atoms with Crippen molar-refractivity contribution in [3.63, 3.8) is 0 Å². The summed E-state index contributed by atoms with van der Waals surface area (Å²) in [5.41, 5.74) is 1.57. The number of hydrogen-bond acceptors (Lipinski definition) is 5. The predicted octanol–water partition coefficient (Wildman–Crippen LogP) is 1.34. The Morgan fingerprint density at radius 2 is 2.24 bits per heavy atom. The molecule has 1 aliphatic heterocycles. The third-order valence-electron chi connectivity index (χ3n) is 3.09. The Morgan fingerprint density at radius 1 is 1.48 bits per heavy atom. The number of carbonyl (C=O) groups excluding carboxylic acids is 2. The standard InChI is InChI=1S/C14H17N3O2S2/c1-16(2)11-5-3-4-10(8-11)13(19)15-6-7-17-12(18)9-21-14(17)20/h3-5,8H,6-7,9H2,1-2H3,(H,15,19). The normalized spacial score (nSPS) is 14.5. The van der Waals surface area contributed by atoms with Crippen LogP contribution in [-0.2, 0) is 4.79 Å². The second-order valence-electron chi connectivity index (χ2n) is 4.80. The van der Waals surface area contributed by atoms with E-state index in [1.54, 1.807) is 6.07 Å². The van der Waals surface area contributed by atoms with Crippen molar-refractivity contribution in [2.75, 3.05) is 37.8 Å². The Balaban J connectivity index is 1.89. The van der Waals surface area contributed by atoms with Crippen LogP contribution in [0.3, 0.4) is 0 Å². The van der Waals surface area contributed by atoms with Crippen molar-refractivity contribution < 1.29 is 9.59 Å². The predicted molar refractivity (Wildman–Crippen MR) is 89.9 cm³/mol. The van der Waals surface area contributed by atoms with Gasteiger partial charge in [-0.05, 0) is 18.2 Å². The fourth-order valence-corrected chi connectivity index (χ4v) is 3.03. The fraction of sp³-hybridized carbons (Fsp3) is 0.357. The second-order valence-corrected chi connectivity index (χ2v) is 6.41. The third kappa shape index (κ3) is 3.95. The summed E-state index contributed by atoms with van der Waals surface area (Å²) in [6.07, 6.45) is 0. The summed E-state index contributed by atoms with van der Waals surface area (Å²) in [7, 11) is 3.85. The van der Waals surface area contributed by atoms with Crippen LogP contribution in [0.15, 0.2) is 24.3 Å². The molecule has 1 aromatic rings. The van der Waals surface area contributed by atoms with Gasteiger partial charge in [-0.15, -0.1) is 0 Å². The molecule has 0 radical (unpaired) electrons. The van der Waals surface area contributed by atoms with Gasteiger partial charge in [0.05, 0.1) is 5.75 Å². The third-order valence-corrected chi connectivity index (χ3v) is 4.52. The van der Waals surface area contributed by atoms with Crippen molar-refractivity contribution >= 4 is 45.8 Å². The average Bonchev–Trinajstić information content (AvgIpc) is 2.79. The maximum Gasteiger partial charge on any atom is 0.251 e. The molecule has 2 rings (SSSR count). The molecule has 112 valence electrons. The number of thiocarbonyl (C=S) groups is 1. The van der Waals surface area contributed by atoms with Crippen LogP contribution < -0.4 is 10.2 Å². The number of rotatable bonds is 5. The van der Waals surface area contributed by atoms with E-state index in [-0.39, 0.29) is 11.8 Å². The van der Waals surface area contributed by atoms with Gasteiger partial charge >= 0.3 is 0 Å². The van der Waals surface area contributed by atoms with Crippen LogP contribution in [0.5, 0.6) is 0 Å². The SMILES string of the molecule is CN(C)c1cccc(C(=O)NCCN2C(=O)CSC2=S)c1. The van der Waals surface area contributed by atoms with Crippen LogP contribution in [0.4, 0.5) is 5.69 Å². The molecule has 7 heteroatoms. The molecule has 1 fully saturated rings. The average molecular weight is 323 g/mol. The molecule has 21 heavy (non-hydrogen) atoms. The van der Waals surface area contributed by atoms with Gasteiger partial charge < -0.3 is 10.2 Å². The van der Waals surface area contributed by atoms with Crippen LogP contribution in [0.1, 0.15) is 10.4 Å². The molecule has 0 saturated carbocycles. The van der Waals surface area contributed by atoms with E-state index < -0.39 is 0 Å². The zero-order chi connectivity index (χ0) is 15.4. The number of amides is 2. The van der Waals surface area contributed by atoms with Gasteiger partial charge in [-0.1, -0.05) is 30.0 Å². The molecule has 1 saturated heterocycles. The molecule has 0 bridgehead atoms. The van der Waals surface area contributed by atoms with E-state index in [0.717, 1.165) is 5.69 Å². The summed E-state index contributed by atoms with van der Waals surface area (Å²) in [5.74, 6) is 0.260. The smallest absolute Gasteiger partial charge is 0.251 e.